The van der Waals surface area contributed by atoms with Crippen LogP contribution >= 0.6 is 0 Å². The number of aliphatic carboxylic acids is 1. The van der Waals surface area contributed by atoms with Gasteiger partial charge in [0.15, 0.2) is 0 Å². The van der Waals surface area contributed by atoms with Crippen LogP contribution in [-0.2, 0) is 20.9 Å². The number of carboxylic acids is 1. The maximum atomic E-state index is 11.4. The Labute approximate surface area is 199 Å². The summed E-state index contributed by atoms with van der Waals surface area (Å²) in [5, 5.41) is 20.1. The summed E-state index contributed by atoms with van der Waals surface area (Å²) in [6, 6.07) is 22.5. The molecule has 0 saturated carbocycles. The highest BCUT2D eigenvalue weighted by Gasteiger charge is 2.24. The Morgan fingerprint density at radius 3 is 2.65 bits per heavy atom. The van der Waals surface area contributed by atoms with Crippen LogP contribution in [0.1, 0.15) is 53.5 Å². The lowest BCUT2D eigenvalue weighted by Gasteiger charge is -2.29. The smallest absolute Gasteiger partial charge is 0.304 e. The predicted molar refractivity (Wildman–Crippen MR) is 128 cm³/mol. The van der Waals surface area contributed by atoms with Crippen molar-refractivity contribution in [1.82, 2.24) is 0 Å². The number of methoxy groups -OCH3 is 1. The van der Waals surface area contributed by atoms with Crippen molar-refractivity contribution in [2.75, 3.05) is 13.7 Å². The molecule has 3 aromatic carbocycles. The molecule has 1 aliphatic heterocycles. The maximum Gasteiger partial charge on any atom is 0.304 e. The van der Waals surface area contributed by atoms with E-state index in [4.69, 9.17) is 14.2 Å². The summed E-state index contributed by atoms with van der Waals surface area (Å²) in [6.07, 6.45) is 1.84. The van der Waals surface area contributed by atoms with E-state index in [1.54, 1.807) is 25.3 Å². The molecule has 1 heterocycles. The zero-order chi connectivity index (χ0) is 23.9. The van der Waals surface area contributed by atoms with E-state index in [0.29, 0.717) is 24.5 Å². The largest absolute Gasteiger partial charge is 0.508 e. The molecule has 3 aromatic rings. The summed E-state index contributed by atoms with van der Waals surface area (Å²) >= 11 is 0. The third kappa shape index (κ3) is 5.95. The molecule has 0 aliphatic carbocycles. The topological polar surface area (TPSA) is 85.2 Å². The molecule has 1 fully saturated rings. The lowest BCUT2D eigenvalue weighted by atomic mass is 9.88. The van der Waals surface area contributed by atoms with Gasteiger partial charge >= 0.3 is 5.97 Å². The minimum Gasteiger partial charge on any atom is -0.508 e. The van der Waals surface area contributed by atoms with Gasteiger partial charge in [0, 0.05) is 37.7 Å². The van der Waals surface area contributed by atoms with Gasteiger partial charge < -0.3 is 24.4 Å². The normalized spacial score (nSPS) is 18.9. The molecule has 1 saturated heterocycles. The van der Waals surface area contributed by atoms with Crippen molar-refractivity contribution in [2.45, 2.75) is 44.0 Å². The number of benzene rings is 3. The van der Waals surface area contributed by atoms with E-state index in [2.05, 4.69) is 12.1 Å². The van der Waals surface area contributed by atoms with Crippen LogP contribution in [0.25, 0.3) is 0 Å². The van der Waals surface area contributed by atoms with E-state index in [9.17, 15) is 15.0 Å². The molecule has 3 unspecified atom stereocenters. The summed E-state index contributed by atoms with van der Waals surface area (Å²) in [7, 11) is 1.74. The number of carbonyl (C=O) groups is 1. The van der Waals surface area contributed by atoms with Crippen molar-refractivity contribution in [3.8, 4) is 11.5 Å². The van der Waals surface area contributed by atoms with Crippen molar-refractivity contribution in [1.29, 1.82) is 0 Å². The first-order valence-electron chi connectivity index (χ1n) is 11.5. The third-order valence-electron chi connectivity index (χ3n) is 6.26. The van der Waals surface area contributed by atoms with Gasteiger partial charge in [-0.1, -0.05) is 54.6 Å². The average Bonchev–Trinajstić information content (AvgIpc) is 2.87. The lowest BCUT2D eigenvalue weighted by molar-refractivity contribution is -0.137. The van der Waals surface area contributed by atoms with Crippen LogP contribution in [0.2, 0.25) is 0 Å². The molecule has 6 heteroatoms. The van der Waals surface area contributed by atoms with Crippen LogP contribution in [0.3, 0.4) is 0 Å². The molecule has 2 N–H and O–H groups in total. The number of hydrogen-bond acceptors (Lipinski definition) is 5. The molecule has 0 aromatic heterocycles. The Morgan fingerprint density at radius 2 is 1.91 bits per heavy atom. The van der Waals surface area contributed by atoms with Crippen LogP contribution in [0.5, 0.6) is 11.5 Å². The fourth-order valence-corrected chi connectivity index (χ4v) is 4.44. The van der Waals surface area contributed by atoms with Crippen LogP contribution in [0.15, 0.2) is 72.8 Å². The number of phenolic OH excluding ortho intramolecular Hbond substituents is 1. The van der Waals surface area contributed by atoms with Gasteiger partial charge in [-0.15, -0.1) is 0 Å². The fourth-order valence-electron chi connectivity index (χ4n) is 4.44. The zero-order valence-electron chi connectivity index (χ0n) is 19.2. The first-order valence-corrected chi connectivity index (χ1v) is 11.5. The van der Waals surface area contributed by atoms with Crippen LogP contribution in [-0.4, -0.2) is 36.0 Å². The number of rotatable bonds is 9. The summed E-state index contributed by atoms with van der Waals surface area (Å²) in [6.45, 7) is 1.02. The Hall–Kier alpha value is -3.35. The third-order valence-corrected chi connectivity index (χ3v) is 6.26. The molecule has 0 bridgehead atoms. The maximum absolute atomic E-state index is 11.4. The SMILES string of the molecule is COC1CCOC(c2cccc(COc3ccc(C(CC(=O)O)c4ccccc4)c(O)c3)c2)C1. The molecule has 0 radical (unpaired) electrons. The van der Waals surface area contributed by atoms with Crippen molar-refractivity contribution in [3.63, 3.8) is 0 Å². The Bertz CT molecular complexity index is 1100. The van der Waals surface area contributed by atoms with E-state index >= 15 is 0 Å². The van der Waals surface area contributed by atoms with E-state index in [1.165, 1.54) is 0 Å². The minimum absolute atomic E-state index is 0.00568. The van der Waals surface area contributed by atoms with Crippen LogP contribution < -0.4 is 4.74 Å². The highest BCUT2D eigenvalue weighted by Crippen LogP contribution is 2.36. The number of carboxylic acid groups (broad SMARTS) is 1. The first kappa shape index (κ1) is 23.8. The van der Waals surface area contributed by atoms with E-state index in [-0.39, 0.29) is 24.4 Å². The quantitative estimate of drug-likeness (QED) is 0.440. The Morgan fingerprint density at radius 1 is 1.09 bits per heavy atom. The summed E-state index contributed by atoms with van der Waals surface area (Å²) in [5.41, 5.74) is 3.49. The number of ether oxygens (including phenoxy) is 3. The molecule has 6 nitrogen and oxygen atoms in total. The minimum atomic E-state index is -0.924. The molecule has 0 amide bonds. The highest BCUT2D eigenvalue weighted by atomic mass is 16.5. The number of phenols is 1. The monoisotopic (exact) mass is 462 g/mol. The Kier molecular flexibility index (Phi) is 7.83. The van der Waals surface area contributed by atoms with E-state index in [1.807, 2.05) is 42.5 Å². The lowest BCUT2D eigenvalue weighted by Crippen LogP contribution is -2.25. The Balaban J connectivity index is 1.45. The van der Waals surface area contributed by atoms with Gasteiger partial charge in [-0.3, -0.25) is 4.79 Å². The highest BCUT2D eigenvalue weighted by molar-refractivity contribution is 5.69. The van der Waals surface area contributed by atoms with E-state index in [0.717, 1.165) is 29.5 Å². The number of aromatic hydroxyl groups is 1. The molecule has 3 atom stereocenters. The predicted octanol–water partition coefficient (Wildman–Crippen LogP) is 5.44. The second-order valence-corrected chi connectivity index (χ2v) is 8.56. The summed E-state index contributed by atoms with van der Waals surface area (Å²) in [5.74, 6) is -0.840. The van der Waals surface area contributed by atoms with Crippen molar-refractivity contribution in [2.24, 2.45) is 0 Å². The van der Waals surface area contributed by atoms with Gasteiger partial charge in [0.1, 0.15) is 18.1 Å². The molecule has 34 heavy (non-hydrogen) atoms. The van der Waals surface area contributed by atoms with Gasteiger partial charge in [0.25, 0.3) is 0 Å². The van der Waals surface area contributed by atoms with Crippen molar-refractivity contribution in [3.05, 3.63) is 95.1 Å². The zero-order valence-corrected chi connectivity index (χ0v) is 19.2. The van der Waals surface area contributed by atoms with Gasteiger partial charge in [-0.2, -0.15) is 0 Å². The molecule has 1 aliphatic rings. The fraction of sp³-hybridized carbons (Fsp3) is 0.321. The molecule has 4 rings (SSSR count). The van der Waals surface area contributed by atoms with E-state index < -0.39 is 11.9 Å². The molecular weight excluding hydrogens is 432 g/mol. The standard InChI is InChI=1S/C28H30O6/c1-32-22-12-13-33-27(16-22)21-9-5-6-19(14-21)18-34-23-10-11-24(26(29)15-23)25(17-28(30)31)20-7-3-2-4-8-20/h2-11,14-15,22,25,27,29H,12-13,16-18H2,1H3,(H,30,31). The molecule has 0 spiro atoms. The summed E-state index contributed by atoms with van der Waals surface area (Å²) in [4.78, 5) is 11.4. The van der Waals surface area contributed by atoms with Crippen molar-refractivity contribution < 1.29 is 29.2 Å². The van der Waals surface area contributed by atoms with Crippen LogP contribution in [0.4, 0.5) is 0 Å². The van der Waals surface area contributed by atoms with Gasteiger partial charge in [-0.05, 0) is 35.2 Å². The van der Waals surface area contributed by atoms with Gasteiger partial charge in [0.2, 0.25) is 0 Å². The second-order valence-electron chi connectivity index (χ2n) is 8.56. The number of hydrogen-bond donors (Lipinski definition) is 2. The van der Waals surface area contributed by atoms with Crippen LogP contribution in [0, 0.1) is 0 Å². The molecular formula is C28H30O6. The van der Waals surface area contributed by atoms with Gasteiger partial charge in [-0.25, -0.2) is 0 Å². The average molecular weight is 463 g/mol. The first-order chi connectivity index (χ1) is 16.5. The summed E-state index contributed by atoms with van der Waals surface area (Å²) < 4.78 is 17.4. The second kappa shape index (κ2) is 11.2. The van der Waals surface area contributed by atoms with Gasteiger partial charge in [0.05, 0.1) is 18.6 Å². The van der Waals surface area contributed by atoms with Crippen molar-refractivity contribution >= 4 is 5.97 Å². The molecule has 178 valence electrons.